The number of imidazole rings is 1. The second-order valence-electron chi connectivity index (χ2n) is 4.37. The predicted octanol–water partition coefficient (Wildman–Crippen LogP) is 4.07. The standard InChI is InChI=1S/C15H14BrN3/c1-2-19-13-9-4-3-8-12(13)18-15(19)10-6-5-7-11(16)14(10)17/h3-9H,2,17H2,1H3. The minimum Gasteiger partial charge on any atom is -0.397 e. The Morgan fingerprint density at radius 3 is 2.74 bits per heavy atom. The average Bonchev–Trinajstić information content (AvgIpc) is 2.80. The van der Waals surface area contributed by atoms with Gasteiger partial charge >= 0.3 is 0 Å². The van der Waals surface area contributed by atoms with Gasteiger partial charge in [-0.05, 0) is 47.1 Å². The summed E-state index contributed by atoms with van der Waals surface area (Å²) >= 11 is 3.47. The number of nitrogens with two attached hydrogens (primary N) is 1. The van der Waals surface area contributed by atoms with Crippen molar-refractivity contribution in [1.82, 2.24) is 9.55 Å². The summed E-state index contributed by atoms with van der Waals surface area (Å²) < 4.78 is 3.09. The Hall–Kier alpha value is -1.81. The molecule has 0 saturated heterocycles. The molecule has 0 amide bonds. The molecule has 0 radical (unpaired) electrons. The number of anilines is 1. The van der Waals surface area contributed by atoms with E-state index in [1.54, 1.807) is 0 Å². The van der Waals surface area contributed by atoms with Crippen molar-refractivity contribution in [2.75, 3.05) is 5.73 Å². The molecule has 0 aliphatic rings. The number of hydrogen-bond donors (Lipinski definition) is 1. The van der Waals surface area contributed by atoms with Gasteiger partial charge in [-0.3, -0.25) is 0 Å². The number of aryl methyl sites for hydroxylation is 1. The number of para-hydroxylation sites is 3. The van der Waals surface area contributed by atoms with Crippen LogP contribution < -0.4 is 5.73 Å². The summed E-state index contributed by atoms with van der Waals surface area (Å²) in [6.45, 7) is 2.98. The molecular weight excluding hydrogens is 302 g/mol. The Morgan fingerprint density at radius 1 is 1.16 bits per heavy atom. The molecule has 3 nitrogen and oxygen atoms in total. The van der Waals surface area contributed by atoms with E-state index in [1.165, 1.54) is 0 Å². The third kappa shape index (κ3) is 1.92. The van der Waals surface area contributed by atoms with E-state index in [1.807, 2.05) is 36.4 Å². The van der Waals surface area contributed by atoms with Gasteiger partial charge in [0.15, 0.2) is 0 Å². The summed E-state index contributed by atoms with van der Waals surface area (Å²) in [4.78, 5) is 4.72. The molecule has 0 unspecified atom stereocenters. The first-order valence-electron chi connectivity index (χ1n) is 6.22. The van der Waals surface area contributed by atoms with Crippen LogP contribution in [0.5, 0.6) is 0 Å². The van der Waals surface area contributed by atoms with Crippen molar-refractivity contribution in [2.24, 2.45) is 0 Å². The quantitative estimate of drug-likeness (QED) is 0.724. The van der Waals surface area contributed by atoms with Crippen molar-refractivity contribution in [3.8, 4) is 11.4 Å². The van der Waals surface area contributed by atoms with Crippen LogP contribution in [0, 0.1) is 0 Å². The molecule has 3 aromatic rings. The maximum Gasteiger partial charge on any atom is 0.143 e. The number of rotatable bonds is 2. The topological polar surface area (TPSA) is 43.8 Å². The first-order chi connectivity index (χ1) is 9.22. The number of benzene rings is 2. The fourth-order valence-corrected chi connectivity index (χ4v) is 2.70. The molecule has 19 heavy (non-hydrogen) atoms. The molecule has 0 aliphatic carbocycles. The normalized spacial score (nSPS) is 11.1. The largest absolute Gasteiger partial charge is 0.397 e. The van der Waals surface area contributed by atoms with Crippen LogP contribution in [0.3, 0.4) is 0 Å². The van der Waals surface area contributed by atoms with Crippen LogP contribution in [-0.4, -0.2) is 9.55 Å². The van der Waals surface area contributed by atoms with Crippen LogP contribution >= 0.6 is 15.9 Å². The smallest absolute Gasteiger partial charge is 0.143 e. The molecular formula is C15H14BrN3. The van der Waals surface area contributed by atoms with Crippen molar-refractivity contribution < 1.29 is 0 Å². The lowest BCUT2D eigenvalue weighted by atomic mass is 10.1. The van der Waals surface area contributed by atoms with Crippen LogP contribution in [0.2, 0.25) is 0 Å². The molecule has 0 spiro atoms. The molecule has 1 aromatic heterocycles. The van der Waals surface area contributed by atoms with Gasteiger partial charge in [0.25, 0.3) is 0 Å². The van der Waals surface area contributed by atoms with E-state index in [-0.39, 0.29) is 0 Å². The predicted molar refractivity (Wildman–Crippen MR) is 83.0 cm³/mol. The highest BCUT2D eigenvalue weighted by Gasteiger charge is 2.14. The molecule has 0 atom stereocenters. The van der Waals surface area contributed by atoms with Crippen molar-refractivity contribution in [3.63, 3.8) is 0 Å². The maximum atomic E-state index is 6.16. The fourth-order valence-electron chi connectivity index (χ4n) is 2.33. The molecule has 3 rings (SSSR count). The summed E-state index contributed by atoms with van der Waals surface area (Å²) in [5, 5.41) is 0. The molecule has 2 N–H and O–H groups in total. The van der Waals surface area contributed by atoms with E-state index in [4.69, 9.17) is 10.7 Å². The van der Waals surface area contributed by atoms with Gasteiger partial charge in [0.1, 0.15) is 5.82 Å². The first kappa shape index (κ1) is 12.2. The molecule has 0 aliphatic heterocycles. The highest BCUT2D eigenvalue weighted by atomic mass is 79.9. The van der Waals surface area contributed by atoms with Crippen LogP contribution in [0.15, 0.2) is 46.9 Å². The first-order valence-corrected chi connectivity index (χ1v) is 7.01. The van der Waals surface area contributed by atoms with Gasteiger partial charge in [-0.2, -0.15) is 0 Å². The van der Waals surface area contributed by atoms with E-state index >= 15 is 0 Å². The zero-order chi connectivity index (χ0) is 13.4. The van der Waals surface area contributed by atoms with E-state index in [9.17, 15) is 0 Å². The van der Waals surface area contributed by atoms with Gasteiger partial charge in [-0.1, -0.05) is 18.2 Å². The number of fused-ring (bicyclic) bond motifs is 1. The van der Waals surface area contributed by atoms with Gasteiger partial charge in [0.2, 0.25) is 0 Å². The number of aromatic nitrogens is 2. The highest BCUT2D eigenvalue weighted by molar-refractivity contribution is 9.10. The minimum absolute atomic E-state index is 0.729. The Balaban J connectivity index is 2.33. The third-order valence-electron chi connectivity index (χ3n) is 3.26. The van der Waals surface area contributed by atoms with Gasteiger partial charge in [0.05, 0.1) is 16.7 Å². The summed E-state index contributed by atoms with van der Waals surface area (Å²) in [5.41, 5.74) is 9.99. The van der Waals surface area contributed by atoms with Gasteiger partial charge in [-0.15, -0.1) is 0 Å². The van der Waals surface area contributed by atoms with Crippen LogP contribution in [0.4, 0.5) is 5.69 Å². The maximum absolute atomic E-state index is 6.16. The molecule has 0 saturated carbocycles. The zero-order valence-electron chi connectivity index (χ0n) is 10.6. The molecule has 96 valence electrons. The number of halogens is 1. The molecule has 0 fully saturated rings. The SMILES string of the molecule is CCn1c(-c2cccc(Br)c2N)nc2ccccc21. The summed E-state index contributed by atoms with van der Waals surface area (Å²) in [5.74, 6) is 0.919. The van der Waals surface area contributed by atoms with Crippen molar-refractivity contribution in [1.29, 1.82) is 0 Å². The summed E-state index contributed by atoms with van der Waals surface area (Å²) in [7, 11) is 0. The summed E-state index contributed by atoms with van der Waals surface area (Å²) in [6.07, 6.45) is 0. The van der Waals surface area contributed by atoms with Crippen molar-refractivity contribution >= 4 is 32.7 Å². The Kier molecular flexibility index (Phi) is 3.03. The van der Waals surface area contributed by atoms with Gasteiger partial charge < -0.3 is 10.3 Å². The molecule has 4 heteroatoms. The molecule has 2 aromatic carbocycles. The second-order valence-corrected chi connectivity index (χ2v) is 5.22. The lowest BCUT2D eigenvalue weighted by molar-refractivity contribution is 0.796. The Morgan fingerprint density at radius 2 is 1.95 bits per heavy atom. The number of nitrogens with zero attached hydrogens (tertiary/aromatic N) is 2. The van der Waals surface area contributed by atoms with E-state index in [0.717, 1.165) is 39.1 Å². The molecule has 0 bridgehead atoms. The second kappa shape index (κ2) is 4.70. The molecule has 1 heterocycles. The lowest BCUT2D eigenvalue weighted by Crippen LogP contribution is -2.00. The lowest BCUT2D eigenvalue weighted by Gasteiger charge is -2.09. The van der Waals surface area contributed by atoms with E-state index in [2.05, 4.69) is 33.5 Å². The van der Waals surface area contributed by atoms with Crippen molar-refractivity contribution in [2.45, 2.75) is 13.5 Å². The summed E-state index contributed by atoms with van der Waals surface area (Å²) in [6, 6.07) is 14.1. The van der Waals surface area contributed by atoms with Gasteiger partial charge in [0, 0.05) is 16.6 Å². The van der Waals surface area contributed by atoms with Crippen LogP contribution in [0.25, 0.3) is 22.4 Å². The number of hydrogen-bond acceptors (Lipinski definition) is 2. The van der Waals surface area contributed by atoms with Crippen LogP contribution in [-0.2, 0) is 6.54 Å². The Labute approximate surface area is 120 Å². The number of nitrogen functional groups attached to an aromatic ring is 1. The van der Waals surface area contributed by atoms with Gasteiger partial charge in [-0.25, -0.2) is 4.98 Å². The Bertz CT molecular complexity index is 746. The average molecular weight is 316 g/mol. The van der Waals surface area contributed by atoms with E-state index in [0.29, 0.717) is 0 Å². The van der Waals surface area contributed by atoms with Crippen molar-refractivity contribution in [3.05, 3.63) is 46.9 Å². The monoisotopic (exact) mass is 315 g/mol. The van der Waals surface area contributed by atoms with E-state index < -0.39 is 0 Å². The highest BCUT2D eigenvalue weighted by Crippen LogP contribution is 2.33. The fraction of sp³-hybridized carbons (Fsp3) is 0.133. The third-order valence-corrected chi connectivity index (χ3v) is 3.96. The van der Waals surface area contributed by atoms with Crippen LogP contribution in [0.1, 0.15) is 6.92 Å². The zero-order valence-corrected chi connectivity index (χ0v) is 12.2. The minimum atomic E-state index is 0.729.